The standard InChI is InChI=1S/C23H27BN4O5/c1-21(2)22(3,4)33-24(32-21)17-9-7-16(8-10-17)23(11-14-30-15-12-23)20(29)31-28-19-18(26-27-28)6-5-13-25-19/h5-10,13H,11-12,14-15H2,1-4H3. The summed E-state index contributed by atoms with van der Waals surface area (Å²) in [5.41, 5.74) is 1.00. The molecule has 2 aliphatic rings. The number of hydrogen-bond acceptors (Lipinski definition) is 8. The first-order valence-corrected chi connectivity index (χ1v) is 11.1. The zero-order valence-corrected chi connectivity index (χ0v) is 19.3. The van der Waals surface area contributed by atoms with Crippen molar-refractivity contribution in [1.29, 1.82) is 0 Å². The second kappa shape index (κ2) is 7.90. The maximum absolute atomic E-state index is 13.5. The van der Waals surface area contributed by atoms with Crippen molar-refractivity contribution >= 4 is 29.7 Å². The number of carbonyl (C=O) groups is 1. The van der Waals surface area contributed by atoms with E-state index in [0.717, 1.165) is 15.9 Å². The van der Waals surface area contributed by atoms with Crippen LogP contribution in [0.4, 0.5) is 0 Å². The van der Waals surface area contributed by atoms with Gasteiger partial charge >= 0.3 is 13.1 Å². The Morgan fingerprint density at radius 2 is 1.70 bits per heavy atom. The Bertz CT molecular complexity index is 1160. The molecule has 33 heavy (non-hydrogen) atoms. The van der Waals surface area contributed by atoms with Gasteiger partial charge in [-0.15, -0.1) is 5.10 Å². The van der Waals surface area contributed by atoms with Crippen molar-refractivity contribution in [2.24, 2.45) is 0 Å². The summed E-state index contributed by atoms with van der Waals surface area (Å²) >= 11 is 0. The van der Waals surface area contributed by atoms with Gasteiger partial charge in [0.2, 0.25) is 5.65 Å². The molecule has 0 atom stereocenters. The normalized spacial score (nSPS) is 21.3. The topological polar surface area (TPSA) is 97.6 Å². The monoisotopic (exact) mass is 450 g/mol. The van der Waals surface area contributed by atoms with Crippen LogP contribution in [0.15, 0.2) is 42.6 Å². The van der Waals surface area contributed by atoms with Crippen LogP contribution in [0.1, 0.15) is 46.1 Å². The molecule has 9 nitrogen and oxygen atoms in total. The van der Waals surface area contributed by atoms with Crippen LogP contribution in [0.5, 0.6) is 0 Å². The van der Waals surface area contributed by atoms with E-state index in [1.165, 1.54) is 0 Å². The average molecular weight is 450 g/mol. The van der Waals surface area contributed by atoms with Crippen LogP contribution >= 0.6 is 0 Å². The molecule has 10 heteroatoms. The summed E-state index contributed by atoms with van der Waals surface area (Å²) in [7, 11) is -0.464. The molecule has 0 aliphatic carbocycles. The van der Waals surface area contributed by atoms with Crippen LogP contribution in [-0.2, 0) is 24.3 Å². The molecule has 0 amide bonds. The molecule has 2 saturated heterocycles. The van der Waals surface area contributed by atoms with Crippen molar-refractivity contribution in [3.05, 3.63) is 48.2 Å². The molecule has 172 valence electrons. The summed E-state index contributed by atoms with van der Waals surface area (Å²) in [6.07, 6.45) is 2.61. The lowest BCUT2D eigenvalue weighted by atomic mass is 9.72. The minimum absolute atomic E-state index is 0.393. The molecule has 1 aromatic carbocycles. The average Bonchev–Trinajstić information content (AvgIpc) is 3.31. The highest BCUT2D eigenvalue weighted by molar-refractivity contribution is 6.62. The van der Waals surface area contributed by atoms with E-state index < -0.39 is 29.7 Å². The summed E-state index contributed by atoms with van der Waals surface area (Å²) in [4.78, 5) is 24.5. The number of hydrogen-bond donors (Lipinski definition) is 0. The zero-order chi connectivity index (χ0) is 23.3. The SMILES string of the molecule is CC1(C)OB(c2ccc(C3(C(=O)On4nnc5cccnc54)CCOCC3)cc2)OC1(C)C. The number of aromatic nitrogens is 4. The fraction of sp³-hybridized carbons (Fsp3) is 0.478. The summed E-state index contributed by atoms with van der Waals surface area (Å²) in [5, 5.41) is 7.96. The van der Waals surface area contributed by atoms with Crippen LogP contribution in [-0.4, -0.2) is 57.6 Å². The number of nitrogens with zero attached hydrogens (tertiary/aromatic N) is 4. The van der Waals surface area contributed by atoms with Crippen LogP contribution < -0.4 is 10.3 Å². The van der Waals surface area contributed by atoms with Gasteiger partial charge in [0.25, 0.3) is 0 Å². The van der Waals surface area contributed by atoms with Gasteiger partial charge in [0.05, 0.1) is 16.6 Å². The largest absolute Gasteiger partial charge is 0.494 e. The first kappa shape index (κ1) is 22.0. The van der Waals surface area contributed by atoms with Crippen LogP contribution in [0.2, 0.25) is 0 Å². The third-order valence-electron chi connectivity index (χ3n) is 7.08. The molecule has 2 aromatic heterocycles. The van der Waals surface area contributed by atoms with Crippen molar-refractivity contribution in [3.63, 3.8) is 0 Å². The summed E-state index contributed by atoms with van der Waals surface area (Å²) in [6, 6.07) is 11.3. The van der Waals surface area contributed by atoms with E-state index in [4.69, 9.17) is 18.9 Å². The Balaban J connectivity index is 1.42. The second-order valence-corrected chi connectivity index (χ2v) is 9.59. The molecule has 0 radical (unpaired) electrons. The zero-order valence-electron chi connectivity index (χ0n) is 19.3. The van der Waals surface area contributed by atoms with Crippen molar-refractivity contribution in [2.75, 3.05) is 13.2 Å². The molecule has 2 fully saturated rings. The van der Waals surface area contributed by atoms with E-state index in [2.05, 4.69) is 15.3 Å². The highest BCUT2D eigenvalue weighted by atomic mass is 16.7. The first-order valence-electron chi connectivity index (χ1n) is 11.1. The molecule has 3 aromatic rings. The van der Waals surface area contributed by atoms with E-state index in [9.17, 15) is 4.79 Å². The van der Waals surface area contributed by atoms with Gasteiger partial charge in [-0.1, -0.05) is 24.3 Å². The maximum atomic E-state index is 13.5. The molecule has 0 unspecified atom stereocenters. The lowest BCUT2D eigenvalue weighted by molar-refractivity contribution is -0.156. The van der Waals surface area contributed by atoms with Gasteiger partial charge in [-0.05, 0) is 73.8 Å². The van der Waals surface area contributed by atoms with Crippen LogP contribution in [0.25, 0.3) is 11.2 Å². The highest BCUT2D eigenvalue weighted by Crippen LogP contribution is 2.38. The molecular weight excluding hydrogens is 423 g/mol. The molecule has 0 spiro atoms. The van der Waals surface area contributed by atoms with Crippen LogP contribution in [0, 0.1) is 0 Å². The predicted octanol–water partition coefficient (Wildman–Crippen LogP) is 1.83. The number of rotatable bonds is 4. The fourth-order valence-corrected chi connectivity index (χ4v) is 4.24. The molecule has 4 heterocycles. The molecule has 5 rings (SSSR count). The van der Waals surface area contributed by atoms with E-state index in [1.54, 1.807) is 18.3 Å². The Labute approximate surface area is 192 Å². The van der Waals surface area contributed by atoms with Gasteiger partial charge in [0.15, 0.2) is 0 Å². The maximum Gasteiger partial charge on any atom is 0.494 e. The van der Waals surface area contributed by atoms with E-state index >= 15 is 0 Å². The van der Waals surface area contributed by atoms with Gasteiger partial charge in [-0.3, -0.25) is 0 Å². The van der Waals surface area contributed by atoms with Gasteiger partial charge in [0.1, 0.15) is 5.52 Å². The summed E-state index contributed by atoms with van der Waals surface area (Å²) < 4.78 is 17.9. The highest BCUT2D eigenvalue weighted by Gasteiger charge is 2.52. The van der Waals surface area contributed by atoms with E-state index in [-0.39, 0.29) is 0 Å². The molecular formula is C23H27BN4O5. The second-order valence-electron chi connectivity index (χ2n) is 9.59. The summed E-state index contributed by atoms with van der Waals surface area (Å²) in [5.74, 6) is -0.411. The van der Waals surface area contributed by atoms with Gasteiger partial charge < -0.3 is 18.9 Å². The molecule has 0 bridgehead atoms. The third kappa shape index (κ3) is 3.72. The number of ether oxygens (including phenoxy) is 1. The number of benzene rings is 1. The Kier molecular flexibility index (Phi) is 5.26. The minimum Gasteiger partial charge on any atom is -0.399 e. The number of fused-ring (bicyclic) bond motifs is 1. The Morgan fingerprint density at radius 3 is 2.36 bits per heavy atom. The fourth-order valence-electron chi connectivity index (χ4n) is 4.24. The molecule has 0 saturated carbocycles. The Hall–Kier alpha value is -2.82. The van der Waals surface area contributed by atoms with Crippen LogP contribution in [0.3, 0.4) is 0 Å². The van der Waals surface area contributed by atoms with Crippen molar-refractivity contribution in [3.8, 4) is 0 Å². The predicted molar refractivity (Wildman–Crippen MR) is 121 cm³/mol. The number of pyridine rings is 1. The molecule has 2 aliphatic heterocycles. The van der Waals surface area contributed by atoms with E-state index in [1.807, 2.05) is 52.0 Å². The van der Waals surface area contributed by atoms with Gasteiger partial charge in [-0.25, -0.2) is 9.78 Å². The first-order chi connectivity index (χ1) is 15.7. The third-order valence-corrected chi connectivity index (χ3v) is 7.08. The van der Waals surface area contributed by atoms with Crippen molar-refractivity contribution < 1.29 is 23.7 Å². The molecule has 0 N–H and O–H groups in total. The van der Waals surface area contributed by atoms with Crippen molar-refractivity contribution in [1.82, 2.24) is 20.1 Å². The lowest BCUT2D eigenvalue weighted by Gasteiger charge is -2.34. The minimum atomic E-state index is -0.861. The number of carbonyl (C=O) groups excluding carboxylic acids is 1. The van der Waals surface area contributed by atoms with Gasteiger partial charge in [0, 0.05) is 19.4 Å². The van der Waals surface area contributed by atoms with E-state index in [0.29, 0.717) is 37.2 Å². The lowest BCUT2D eigenvalue weighted by Crippen LogP contribution is -2.46. The Morgan fingerprint density at radius 1 is 1.03 bits per heavy atom. The van der Waals surface area contributed by atoms with Gasteiger partial charge in [-0.2, -0.15) is 0 Å². The smallest absolute Gasteiger partial charge is 0.399 e. The summed E-state index contributed by atoms with van der Waals surface area (Å²) in [6.45, 7) is 9.03. The quantitative estimate of drug-likeness (QED) is 0.439. The van der Waals surface area contributed by atoms with Crippen molar-refractivity contribution in [2.45, 2.75) is 57.2 Å².